The number of nitrogens with one attached hydrogen (secondary N) is 1. The summed E-state index contributed by atoms with van der Waals surface area (Å²) < 4.78 is 5.20. The molecule has 2 aromatic rings. The van der Waals surface area contributed by atoms with Gasteiger partial charge in [-0.1, -0.05) is 12.1 Å². The van der Waals surface area contributed by atoms with E-state index in [1.54, 1.807) is 7.11 Å². The Morgan fingerprint density at radius 3 is 2.67 bits per heavy atom. The summed E-state index contributed by atoms with van der Waals surface area (Å²) in [7, 11) is 1.63. The normalized spacial score (nSPS) is 16.6. The van der Waals surface area contributed by atoms with Crippen molar-refractivity contribution < 1.29 is 19.4 Å². The molecule has 1 aromatic heterocycles. The van der Waals surface area contributed by atoms with E-state index in [-0.39, 0.29) is 17.5 Å². The molecule has 1 aromatic carbocycles. The van der Waals surface area contributed by atoms with Crippen molar-refractivity contribution in [1.29, 1.82) is 0 Å². The number of aromatic carboxylic acids is 1. The molecule has 7 nitrogen and oxygen atoms in total. The molecule has 144 valence electrons. The lowest BCUT2D eigenvalue weighted by atomic mass is 9.96. The van der Waals surface area contributed by atoms with Crippen molar-refractivity contribution in [2.45, 2.75) is 25.9 Å². The highest BCUT2D eigenvalue weighted by Crippen LogP contribution is 2.41. The van der Waals surface area contributed by atoms with Crippen molar-refractivity contribution in [1.82, 2.24) is 10.2 Å². The number of carboxylic acid groups (broad SMARTS) is 1. The number of amides is 1. The Kier molecular flexibility index (Phi) is 5.67. The van der Waals surface area contributed by atoms with E-state index in [9.17, 15) is 14.7 Å². The molecule has 0 spiro atoms. The smallest absolute Gasteiger partial charge is 0.338 e. The van der Waals surface area contributed by atoms with E-state index in [1.165, 1.54) is 18.3 Å². The molecule has 2 heterocycles. The van der Waals surface area contributed by atoms with E-state index in [0.717, 1.165) is 21.8 Å². The molecule has 0 radical (unpaired) electrons. The number of rotatable bonds is 6. The molecule has 27 heavy (non-hydrogen) atoms. The number of anilines is 1. The molecule has 0 saturated heterocycles. The lowest BCUT2D eigenvalue weighted by molar-refractivity contribution is -0.119. The molecule has 1 aliphatic heterocycles. The molecule has 4 N–H and O–H groups in total. The number of nitrogen functional groups attached to an aromatic ring is 1. The van der Waals surface area contributed by atoms with Crippen molar-refractivity contribution >= 4 is 28.2 Å². The standard InChI is InChI=1S/C19H23N3O4S/c1-11(23)21-9-15-17-14(16(19(24)25)18(20)27-17)7-8-22(15)10-12-3-5-13(26-2)6-4-12/h3-6,15H,7-10,20H2,1-2H3,(H,21,23)(H,24,25). The first-order valence-corrected chi connectivity index (χ1v) is 9.48. The number of carbonyl (C=O) groups is 2. The number of carboxylic acids is 1. The van der Waals surface area contributed by atoms with Gasteiger partial charge in [0.25, 0.3) is 0 Å². The molecule has 0 fully saturated rings. The van der Waals surface area contributed by atoms with Crippen molar-refractivity contribution in [3.63, 3.8) is 0 Å². The maximum absolute atomic E-state index is 11.6. The highest BCUT2D eigenvalue weighted by molar-refractivity contribution is 7.16. The maximum Gasteiger partial charge on any atom is 0.338 e. The van der Waals surface area contributed by atoms with Crippen LogP contribution in [-0.2, 0) is 17.8 Å². The third-order valence-corrected chi connectivity index (χ3v) is 5.92. The number of hydrogen-bond acceptors (Lipinski definition) is 6. The minimum atomic E-state index is -0.994. The molecule has 1 atom stereocenters. The number of ether oxygens (including phenoxy) is 1. The van der Waals surface area contributed by atoms with Gasteiger partial charge in [0.1, 0.15) is 10.8 Å². The molecule has 3 rings (SSSR count). The predicted octanol–water partition coefficient (Wildman–Crippen LogP) is 2.27. The van der Waals surface area contributed by atoms with Crippen LogP contribution in [0.4, 0.5) is 5.00 Å². The summed E-state index contributed by atoms with van der Waals surface area (Å²) in [5.74, 6) is -0.312. The fraction of sp³-hybridized carbons (Fsp3) is 0.368. The summed E-state index contributed by atoms with van der Waals surface area (Å²) in [6, 6.07) is 7.74. The van der Waals surface area contributed by atoms with E-state index in [1.807, 2.05) is 24.3 Å². The van der Waals surface area contributed by atoms with Gasteiger partial charge in [-0.25, -0.2) is 4.79 Å². The Morgan fingerprint density at radius 2 is 2.07 bits per heavy atom. The van der Waals surface area contributed by atoms with Gasteiger partial charge in [-0.2, -0.15) is 0 Å². The third-order valence-electron chi connectivity index (χ3n) is 4.76. The van der Waals surface area contributed by atoms with Crippen LogP contribution >= 0.6 is 11.3 Å². The van der Waals surface area contributed by atoms with Gasteiger partial charge in [0.05, 0.1) is 18.7 Å². The van der Waals surface area contributed by atoms with Crippen molar-refractivity contribution in [2.24, 2.45) is 0 Å². The first-order valence-electron chi connectivity index (χ1n) is 8.66. The zero-order valence-electron chi connectivity index (χ0n) is 15.3. The molecule has 1 amide bonds. The number of nitrogens with two attached hydrogens (primary N) is 1. The van der Waals surface area contributed by atoms with Gasteiger partial charge in [-0.15, -0.1) is 11.3 Å². The van der Waals surface area contributed by atoms with Gasteiger partial charge < -0.3 is 20.9 Å². The van der Waals surface area contributed by atoms with Crippen molar-refractivity contribution in [3.05, 3.63) is 45.8 Å². The Labute approximate surface area is 161 Å². The zero-order chi connectivity index (χ0) is 19.6. The average Bonchev–Trinajstić information content (AvgIpc) is 2.97. The topological polar surface area (TPSA) is 105 Å². The summed E-state index contributed by atoms with van der Waals surface area (Å²) in [4.78, 5) is 26.2. The molecule has 0 saturated carbocycles. The van der Waals surface area contributed by atoms with Crippen LogP contribution in [-0.4, -0.2) is 42.1 Å². The van der Waals surface area contributed by atoms with E-state index >= 15 is 0 Å². The monoisotopic (exact) mass is 389 g/mol. The molecular formula is C19H23N3O4S. The predicted molar refractivity (Wildman–Crippen MR) is 104 cm³/mol. The van der Waals surface area contributed by atoms with E-state index < -0.39 is 5.97 Å². The Morgan fingerprint density at radius 1 is 1.37 bits per heavy atom. The Hall–Kier alpha value is -2.58. The van der Waals surface area contributed by atoms with Crippen molar-refractivity contribution in [3.8, 4) is 5.75 Å². The lowest BCUT2D eigenvalue weighted by Gasteiger charge is -2.36. The maximum atomic E-state index is 11.6. The van der Waals surface area contributed by atoms with Gasteiger partial charge in [0.2, 0.25) is 5.91 Å². The number of carbonyl (C=O) groups excluding carboxylic acids is 1. The van der Waals surface area contributed by atoms with Crippen LogP contribution in [0.1, 0.15) is 39.3 Å². The molecule has 0 aliphatic carbocycles. The summed E-state index contributed by atoms with van der Waals surface area (Å²) in [5.41, 5.74) is 8.12. The molecule has 1 unspecified atom stereocenters. The SMILES string of the molecule is COc1ccc(CN2CCc3c(sc(N)c3C(=O)O)C2CNC(C)=O)cc1. The number of hydrogen-bond donors (Lipinski definition) is 3. The van der Waals surface area contributed by atoms with Crippen LogP contribution < -0.4 is 15.8 Å². The summed E-state index contributed by atoms with van der Waals surface area (Å²) in [6.45, 7) is 3.27. The highest BCUT2D eigenvalue weighted by Gasteiger charge is 2.34. The highest BCUT2D eigenvalue weighted by atomic mass is 32.1. The third kappa shape index (κ3) is 4.06. The van der Waals surface area contributed by atoms with Gasteiger partial charge in [-0.3, -0.25) is 9.69 Å². The van der Waals surface area contributed by atoms with Crippen LogP contribution in [0, 0.1) is 0 Å². The Bertz CT molecular complexity index is 847. The summed E-state index contributed by atoms with van der Waals surface area (Å²) >= 11 is 1.31. The summed E-state index contributed by atoms with van der Waals surface area (Å²) in [6.07, 6.45) is 0.622. The molecule has 0 bridgehead atoms. The van der Waals surface area contributed by atoms with Gasteiger partial charge in [0, 0.05) is 31.4 Å². The van der Waals surface area contributed by atoms with E-state index in [0.29, 0.717) is 31.1 Å². The molecular weight excluding hydrogens is 366 g/mol. The minimum Gasteiger partial charge on any atom is -0.497 e. The van der Waals surface area contributed by atoms with E-state index in [4.69, 9.17) is 10.5 Å². The molecule has 1 aliphatic rings. The second kappa shape index (κ2) is 7.98. The van der Waals surface area contributed by atoms with Crippen LogP contribution in [0.15, 0.2) is 24.3 Å². The number of fused-ring (bicyclic) bond motifs is 1. The van der Waals surface area contributed by atoms with Crippen LogP contribution in [0.25, 0.3) is 0 Å². The summed E-state index contributed by atoms with van der Waals surface area (Å²) in [5, 5.41) is 12.7. The van der Waals surface area contributed by atoms with Crippen LogP contribution in [0.3, 0.4) is 0 Å². The number of benzene rings is 1. The fourth-order valence-electron chi connectivity index (χ4n) is 3.45. The minimum absolute atomic E-state index is 0.111. The second-order valence-electron chi connectivity index (χ2n) is 6.51. The van der Waals surface area contributed by atoms with Gasteiger partial charge in [-0.05, 0) is 29.7 Å². The largest absolute Gasteiger partial charge is 0.497 e. The number of methoxy groups -OCH3 is 1. The number of nitrogens with zero attached hydrogens (tertiary/aromatic N) is 1. The lowest BCUT2D eigenvalue weighted by Crippen LogP contribution is -2.41. The Balaban J connectivity index is 1.90. The molecule has 8 heteroatoms. The van der Waals surface area contributed by atoms with Crippen molar-refractivity contribution in [2.75, 3.05) is 25.9 Å². The number of thiophene rings is 1. The average molecular weight is 389 g/mol. The second-order valence-corrected chi connectivity index (χ2v) is 7.59. The first-order chi connectivity index (χ1) is 12.9. The van der Waals surface area contributed by atoms with E-state index in [2.05, 4.69) is 10.2 Å². The van der Waals surface area contributed by atoms with Crippen LogP contribution in [0.5, 0.6) is 5.75 Å². The van der Waals surface area contributed by atoms with Gasteiger partial charge in [0.15, 0.2) is 0 Å². The fourth-order valence-corrected chi connectivity index (χ4v) is 4.69. The quantitative estimate of drug-likeness (QED) is 0.700. The van der Waals surface area contributed by atoms with Gasteiger partial charge >= 0.3 is 5.97 Å². The zero-order valence-corrected chi connectivity index (χ0v) is 16.1. The first kappa shape index (κ1) is 19.2. The van der Waals surface area contributed by atoms with Crippen LogP contribution in [0.2, 0.25) is 0 Å².